The molecule has 1 heterocycles. The van der Waals surface area contributed by atoms with Gasteiger partial charge in [-0.1, -0.05) is 13.3 Å². The molecule has 0 aromatic carbocycles. The van der Waals surface area contributed by atoms with E-state index in [1.54, 1.807) is 0 Å². The van der Waals surface area contributed by atoms with Gasteiger partial charge in [0, 0.05) is 29.1 Å². The van der Waals surface area contributed by atoms with E-state index in [0.29, 0.717) is 24.1 Å². The van der Waals surface area contributed by atoms with Crippen LogP contribution in [0.25, 0.3) is 0 Å². The number of carbonyl (C=O) groups is 2. The fourth-order valence-corrected chi connectivity index (χ4v) is 5.65. The molecule has 4 atom stereocenters. The smallest absolute Gasteiger partial charge is 0.307 e. The highest BCUT2D eigenvalue weighted by Crippen LogP contribution is 2.38. The Bertz CT molecular complexity index is 358. The van der Waals surface area contributed by atoms with Gasteiger partial charge < -0.3 is 10.4 Å². The first-order chi connectivity index (χ1) is 9.61. The first-order valence-electron chi connectivity index (χ1n) is 7.31. The number of nitrogens with one attached hydrogen (secondary N) is 1. The largest absolute Gasteiger partial charge is 0.481 e. The second-order valence-corrected chi connectivity index (χ2v) is 8.17. The average Bonchev–Trinajstić information content (AvgIpc) is 2.90. The van der Waals surface area contributed by atoms with Crippen LogP contribution in [0.5, 0.6) is 0 Å². The Morgan fingerprint density at radius 1 is 1.25 bits per heavy atom. The summed E-state index contributed by atoms with van der Waals surface area (Å²) in [6.45, 7) is 2.75. The molecule has 1 aliphatic heterocycles. The van der Waals surface area contributed by atoms with E-state index in [1.807, 2.05) is 23.5 Å². The van der Waals surface area contributed by atoms with E-state index in [4.69, 9.17) is 0 Å². The zero-order valence-corrected chi connectivity index (χ0v) is 13.5. The number of carboxylic acids is 1. The Kier molecular flexibility index (Phi) is 6.08. The molecule has 2 fully saturated rings. The first-order valence-corrected chi connectivity index (χ1v) is 9.52. The van der Waals surface area contributed by atoms with E-state index in [1.165, 1.54) is 5.75 Å². The van der Waals surface area contributed by atoms with Gasteiger partial charge in [-0.15, -0.1) is 0 Å². The standard InChI is InChI=1S/C14H23NO3S2/c1-2-9-5-11(12(6-9)14(17)18)13(16)15-7-10-8-19-3-4-20-10/h9-12H,2-8H2,1H3,(H,15,16)(H,17,18). The molecule has 0 aromatic heterocycles. The van der Waals surface area contributed by atoms with Crippen LogP contribution in [0.1, 0.15) is 26.2 Å². The predicted molar refractivity (Wildman–Crippen MR) is 84.2 cm³/mol. The van der Waals surface area contributed by atoms with Gasteiger partial charge in [0.15, 0.2) is 0 Å². The fraction of sp³-hybridized carbons (Fsp3) is 0.857. The van der Waals surface area contributed by atoms with Crippen molar-refractivity contribution in [2.75, 3.05) is 23.8 Å². The maximum absolute atomic E-state index is 12.3. The summed E-state index contributed by atoms with van der Waals surface area (Å²) in [5.41, 5.74) is 0. The molecule has 4 unspecified atom stereocenters. The lowest BCUT2D eigenvalue weighted by molar-refractivity contribution is -0.146. The van der Waals surface area contributed by atoms with Crippen molar-refractivity contribution in [1.29, 1.82) is 0 Å². The van der Waals surface area contributed by atoms with Crippen molar-refractivity contribution in [1.82, 2.24) is 5.32 Å². The Morgan fingerprint density at radius 3 is 2.60 bits per heavy atom. The van der Waals surface area contributed by atoms with Gasteiger partial charge in [0.25, 0.3) is 0 Å². The predicted octanol–water partition coefficient (Wildman–Crippen LogP) is 2.09. The molecule has 1 aliphatic carbocycles. The van der Waals surface area contributed by atoms with Crippen molar-refractivity contribution in [2.45, 2.75) is 31.4 Å². The maximum atomic E-state index is 12.3. The lowest BCUT2D eigenvalue weighted by atomic mass is 9.95. The normalized spacial score (nSPS) is 33.9. The van der Waals surface area contributed by atoms with Gasteiger partial charge >= 0.3 is 5.97 Å². The minimum absolute atomic E-state index is 0.0514. The summed E-state index contributed by atoms with van der Waals surface area (Å²) in [5.74, 6) is 2.10. The Balaban J connectivity index is 1.85. The van der Waals surface area contributed by atoms with Gasteiger partial charge in [-0.25, -0.2) is 0 Å². The Morgan fingerprint density at radius 2 is 2.00 bits per heavy atom. The van der Waals surface area contributed by atoms with Crippen molar-refractivity contribution in [3.8, 4) is 0 Å². The molecule has 2 N–H and O–H groups in total. The quantitative estimate of drug-likeness (QED) is 0.813. The molecule has 0 aromatic rings. The zero-order chi connectivity index (χ0) is 14.5. The van der Waals surface area contributed by atoms with Gasteiger partial charge in [-0.3, -0.25) is 9.59 Å². The second kappa shape index (κ2) is 7.59. The highest BCUT2D eigenvalue weighted by Gasteiger charge is 2.42. The SMILES string of the molecule is CCC1CC(C(=O)O)C(C(=O)NCC2CSCCS2)C1. The second-order valence-electron chi connectivity index (χ2n) is 5.61. The highest BCUT2D eigenvalue weighted by molar-refractivity contribution is 8.06. The molecule has 0 bridgehead atoms. The number of amides is 1. The van der Waals surface area contributed by atoms with Crippen LogP contribution < -0.4 is 5.32 Å². The van der Waals surface area contributed by atoms with E-state index in [0.717, 1.165) is 24.3 Å². The van der Waals surface area contributed by atoms with Crippen molar-refractivity contribution in [3.63, 3.8) is 0 Å². The summed E-state index contributed by atoms with van der Waals surface area (Å²) < 4.78 is 0. The third-order valence-electron chi connectivity index (χ3n) is 4.28. The summed E-state index contributed by atoms with van der Waals surface area (Å²) in [6.07, 6.45) is 2.34. The lowest BCUT2D eigenvalue weighted by Gasteiger charge is -2.22. The van der Waals surface area contributed by atoms with Crippen LogP contribution in [0.3, 0.4) is 0 Å². The first kappa shape index (κ1) is 16.0. The van der Waals surface area contributed by atoms with E-state index in [2.05, 4.69) is 12.2 Å². The maximum Gasteiger partial charge on any atom is 0.307 e. The summed E-state index contributed by atoms with van der Waals surface area (Å²) in [7, 11) is 0. The van der Waals surface area contributed by atoms with Crippen LogP contribution in [-0.2, 0) is 9.59 Å². The molecule has 20 heavy (non-hydrogen) atoms. The van der Waals surface area contributed by atoms with Gasteiger partial charge in [0.1, 0.15) is 0 Å². The molecule has 114 valence electrons. The van der Waals surface area contributed by atoms with Crippen LogP contribution >= 0.6 is 23.5 Å². The number of hydrogen-bond acceptors (Lipinski definition) is 4. The molecule has 1 saturated carbocycles. The molecule has 1 amide bonds. The van der Waals surface area contributed by atoms with Crippen molar-refractivity contribution in [3.05, 3.63) is 0 Å². The minimum atomic E-state index is -0.816. The third-order valence-corrected chi connectivity index (χ3v) is 7.13. The lowest BCUT2D eigenvalue weighted by Crippen LogP contribution is -2.39. The third kappa shape index (κ3) is 4.07. The van der Waals surface area contributed by atoms with Gasteiger partial charge in [-0.05, 0) is 18.8 Å². The number of aliphatic carboxylic acids is 1. The van der Waals surface area contributed by atoms with Crippen LogP contribution in [0.15, 0.2) is 0 Å². The molecular formula is C14H23NO3S2. The van der Waals surface area contributed by atoms with Gasteiger partial charge in [0.2, 0.25) is 5.91 Å². The van der Waals surface area contributed by atoms with Gasteiger partial charge in [-0.2, -0.15) is 23.5 Å². The molecule has 2 aliphatic rings. The van der Waals surface area contributed by atoms with Crippen LogP contribution in [0.2, 0.25) is 0 Å². The van der Waals surface area contributed by atoms with E-state index >= 15 is 0 Å². The molecule has 2 rings (SSSR count). The van der Waals surface area contributed by atoms with E-state index in [-0.39, 0.29) is 11.8 Å². The monoisotopic (exact) mass is 317 g/mol. The summed E-state index contributed by atoms with van der Waals surface area (Å²) in [5, 5.41) is 12.7. The molecule has 4 nitrogen and oxygen atoms in total. The molecule has 1 saturated heterocycles. The minimum Gasteiger partial charge on any atom is -0.481 e. The van der Waals surface area contributed by atoms with Gasteiger partial charge in [0.05, 0.1) is 11.8 Å². The van der Waals surface area contributed by atoms with Crippen LogP contribution in [0, 0.1) is 17.8 Å². The number of rotatable bonds is 5. The Labute approximate surface area is 128 Å². The molecular weight excluding hydrogens is 294 g/mol. The highest BCUT2D eigenvalue weighted by atomic mass is 32.2. The topological polar surface area (TPSA) is 66.4 Å². The van der Waals surface area contributed by atoms with Crippen molar-refractivity contribution < 1.29 is 14.7 Å². The molecule has 0 spiro atoms. The number of carboxylic acid groups (broad SMARTS) is 1. The number of hydrogen-bond donors (Lipinski definition) is 2. The molecule has 0 radical (unpaired) electrons. The summed E-state index contributed by atoms with van der Waals surface area (Å²) in [6, 6.07) is 0. The number of thioether (sulfide) groups is 2. The van der Waals surface area contributed by atoms with Crippen LogP contribution in [0.4, 0.5) is 0 Å². The van der Waals surface area contributed by atoms with E-state index in [9.17, 15) is 14.7 Å². The molecule has 6 heteroatoms. The number of carbonyl (C=O) groups excluding carboxylic acids is 1. The fourth-order valence-electron chi connectivity index (χ4n) is 3.04. The summed E-state index contributed by atoms with van der Waals surface area (Å²) >= 11 is 3.84. The Hall–Kier alpha value is -0.360. The van der Waals surface area contributed by atoms with Crippen LogP contribution in [-0.4, -0.2) is 46.0 Å². The van der Waals surface area contributed by atoms with Crippen molar-refractivity contribution in [2.24, 2.45) is 17.8 Å². The summed E-state index contributed by atoms with van der Waals surface area (Å²) in [4.78, 5) is 23.6. The van der Waals surface area contributed by atoms with E-state index < -0.39 is 11.9 Å². The van der Waals surface area contributed by atoms with Crippen molar-refractivity contribution >= 4 is 35.4 Å². The average molecular weight is 317 g/mol. The zero-order valence-electron chi connectivity index (χ0n) is 11.8.